The number of benzene rings is 1. The molecule has 6 nitrogen and oxygen atoms in total. The summed E-state index contributed by atoms with van der Waals surface area (Å²) in [5, 5.41) is 7.86. The maximum Gasteiger partial charge on any atom is 0.238 e. The first kappa shape index (κ1) is 17.6. The van der Waals surface area contributed by atoms with Crippen molar-refractivity contribution in [2.75, 3.05) is 0 Å². The molecule has 1 aromatic carbocycles. The smallest absolute Gasteiger partial charge is 0.238 e. The molecule has 0 fully saturated rings. The maximum absolute atomic E-state index is 12.0. The Morgan fingerprint density at radius 3 is 2.19 bits per heavy atom. The second kappa shape index (κ2) is 7.02. The van der Waals surface area contributed by atoms with E-state index in [1.165, 1.54) is 12.1 Å². The van der Waals surface area contributed by atoms with Gasteiger partial charge in [0.05, 0.1) is 17.0 Å². The number of carbonyl (C=O) groups excluding carboxylic acids is 1. The molecule has 0 heterocycles. The molecule has 0 aliphatic heterocycles. The fraction of sp³-hybridized carbons (Fsp3) is 0.500. The minimum Gasteiger partial charge on any atom is -0.348 e. The number of hydrogen-bond acceptors (Lipinski definition) is 4. The van der Waals surface area contributed by atoms with Crippen LogP contribution < -0.4 is 16.2 Å². The van der Waals surface area contributed by atoms with E-state index >= 15 is 0 Å². The molecule has 0 saturated carbocycles. The zero-order chi connectivity index (χ0) is 16.2. The third-order valence-electron chi connectivity index (χ3n) is 3.63. The molecular weight excluding hydrogens is 290 g/mol. The minimum absolute atomic E-state index is 0.0427. The average Bonchev–Trinajstić information content (AvgIpc) is 2.44. The summed E-state index contributed by atoms with van der Waals surface area (Å²) in [6.45, 7) is 5.72. The van der Waals surface area contributed by atoms with Gasteiger partial charge in [-0.05, 0) is 30.5 Å². The van der Waals surface area contributed by atoms with Gasteiger partial charge in [-0.1, -0.05) is 32.4 Å². The van der Waals surface area contributed by atoms with Crippen molar-refractivity contribution in [1.82, 2.24) is 5.32 Å². The van der Waals surface area contributed by atoms with E-state index in [-0.39, 0.29) is 22.8 Å². The predicted molar refractivity (Wildman–Crippen MR) is 81.8 cm³/mol. The molecule has 118 valence electrons. The van der Waals surface area contributed by atoms with Crippen molar-refractivity contribution in [3.63, 3.8) is 0 Å². The Hall–Kier alpha value is -1.44. The van der Waals surface area contributed by atoms with Gasteiger partial charge in [-0.15, -0.1) is 0 Å². The zero-order valence-corrected chi connectivity index (χ0v) is 13.4. The van der Waals surface area contributed by atoms with Gasteiger partial charge in [0.25, 0.3) is 0 Å². The van der Waals surface area contributed by atoms with Crippen molar-refractivity contribution in [2.45, 2.75) is 44.2 Å². The van der Waals surface area contributed by atoms with E-state index in [9.17, 15) is 13.2 Å². The van der Waals surface area contributed by atoms with Crippen LogP contribution in [0.1, 0.15) is 38.8 Å². The molecule has 0 bridgehead atoms. The van der Waals surface area contributed by atoms with Crippen LogP contribution in [0.15, 0.2) is 29.2 Å². The Bertz CT molecular complexity index is 584. The molecule has 0 aliphatic rings. The van der Waals surface area contributed by atoms with E-state index in [1.54, 1.807) is 12.1 Å². The van der Waals surface area contributed by atoms with E-state index < -0.39 is 16.1 Å². The van der Waals surface area contributed by atoms with Gasteiger partial charge >= 0.3 is 0 Å². The molecule has 0 saturated heterocycles. The SMILES string of the molecule is CC[C@H](C)[C@H](N)C(=O)NC(C)c1ccc(S(N)(=O)=O)cc1. The van der Waals surface area contributed by atoms with Crippen LogP contribution >= 0.6 is 0 Å². The van der Waals surface area contributed by atoms with Crippen LogP contribution in [0, 0.1) is 5.92 Å². The molecule has 1 rings (SSSR count). The van der Waals surface area contributed by atoms with E-state index in [1.807, 2.05) is 20.8 Å². The van der Waals surface area contributed by atoms with Crippen molar-refractivity contribution in [3.05, 3.63) is 29.8 Å². The van der Waals surface area contributed by atoms with Gasteiger partial charge < -0.3 is 11.1 Å². The number of carbonyl (C=O) groups is 1. The molecule has 1 unspecified atom stereocenters. The van der Waals surface area contributed by atoms with Gasteiger partial charge in [-0.25, -0.2) is 13.6 Å². The van der Waals surface area contributed by atoms with Gasteiger partial charge in [0, 0.05) is 0 Å². The Morgan fingerprint density at radius 1 is 1.24 bits per heavy atom. The van der Waals surface area contributed by atoms with Gasteiger partial charge in [-0.3, -0.25) is 4.79 Å². The first-order chi connectivity index (χ1) is 9.66. The average molecular weight is 313 g/mol. The van der Waals surface area contributed by atoms with Crippen molar-refractivity contribution in [3.8, 4) is 0 Å². The Balaban J connectivity index is 2.76. The summed E-state index contributed by atoms with van der Waals surface area (Å²) in [6.07, 6.45) is 0.825. The zero-order valence-electron chi connectivity index (χ0n) is 12.5. The van der Waals surface area contributed by atoms with Crippen molar-refractivity contribution in [1.29, 1.82) is 0 Å². The van der Waals surface area contributed by atoms with Crippen LogP contribution in [0.5, 0.6) is 0 Å². The maximum atomic E-state index is 12.0. The van der Waals surface area contributed by atoms with Crippen molar-refractivity contribution >= 4 is 15.9 Å². The lowest BCUT2D eigenvalue weighted by atomic mass is 9.98. The molecule has 7 heteroatoms. The molecular formula is C14H23N3O3S. The number of rotatable bonds is 6. The summed E-state index contributed by atoms with van der Waals surface area (Å²) in [7, 11) is -3.70. The molecule has 0 aliphatic carbocycles. The first-order valence-corrected chi connectivity index (χ1v) is 8.40. The van der Waals surface area contributed by atoms with E-state index in [0.29, 0.717) is 0 Å². The number of primary sulfonamides is 1. The van der Waals surface area contributed by atoms with Gasteiger partial charge in [-0.2, -0.15) is 0 Å². The molecule has 3 atom stereocenters. The van der Waals surface area contributed by atoms with E-state index in [2.05, 4.69) is 5.32 Å². The molecule has 0 aromatic heterocycles. The largest absolute Gasteiger partial charge is 0.348 e. The van der Waals surface area contributed by atoms with Crippen molar-refractivity contribution < 1.29 is 13.2 Å². The van der Waals surface area contributed by atoms with Crippen LogP contribution in [-0.4, -0.2) is 20.4 Å². The molecule has 1 aromatic rings. The molecule has 21 heavy (non-hydrogen) atoms. The molecule has 0 spiro atoms. The third-order valence-corrected chi connectivity index (χ3v) is 4.56. The fourth-order valence-corrected chi connectivity index (χ4v) is 2.37. The molecule has 5 N–H and O–H groups in total. The Labute approximate surface area is 126 Å². The lowest BCUT2D eigenvalue weighted by Crippen LogP contribution is -2.45. The first-order valence-electron chi connectivity index (χ1n) is 6.85. The van der Waals surface area contributed by atoms with Crippen LogP contribution in [0.3, 0.4) is 0 Å². The number of amides is 1. The van der Waals surface area contributed by atoms with Gasteiger partial charge in [0.15, 0.2) is 0 Å². The van der Waals surface area contributed by atoms with Crippen LogP contribution in [0.2, 0.25) is 0 Å². The summed E-state index contributed by atoms with van der Waals surface area (Å²) >= 11 is 0. The number of nitrogens with one attached hydrogen (secondary N) is 1. The standard InChI is InChI=1S/C14H23N3O3S/c1-4-9(2)13(15)14(18)17-10(3)11-5-7-12(8-6-11)21(16,19)20/h5-10,13H,4,15H2,1-3H3,(H,17,18)(H2,16,19,20)/t9-,10?,13-/m0/s1. The topological polar surface area (TPSA) is 115 Å². The van der Waals surface area contributed by atoms with Crippen LogP contribution in [0.4, 0.5) is 0 Å². The highest BCUT2D eigenvalue weighted by Gasteiger charge is 2.21. The number of nitrogens with two attached hydrogens (primary N) is 2. The minimum atomic E-state index is -3.70. The second-order valence-electron chi connectivity index (χ2n) is 5.26. The van der Waals surface area contributed by atoms with E-state index in [0.717, 1.165) is 12.0 Å². The summed E-state index contributed by atoms with van der Waals surface area (Å²) in [6, 6.07) is 5.27. The highest BCUT2D eigenvalue weighted by molar-refractivity contribution is 7.89. The summed E-state index contributed by atoms with van der Waals surface area (Å²) in [4.78, 5) is 12.0. The predicted octanol–water partition coefficient (Wildman–Crippen LogP) is 0.885. The van der Waals surface area contributed by atoms with Crippen molar-refractivity contribution in [2.24, 2.45) is 16.8 Å². The highest BCUT2D eigenvalue weighted by Crippen LogP contribution is 2.16. The van der Waals surface area contributed by atoms with Gasteiger partial charge in [0.2, 0.25) is 15.9 Å². The van der Waals surface area contributed by atoms with Crippen LogP contribution in [-0.2, 0) is 14.8 Å². The Kier molecular flexibility index (Phi) is 5.88. The quantitative estimate of drug-likeness (QED) is 0.723. The molecule has 1 amide bonds. The fourth-order valence-electron chi connectivity index (χ4n) is 1.85. The molecule has 0 radical (unpaired) electrons. The lowest BCUT2D eigenvalue weighted by molar-refractivity contribution is -0.124. The second-order valence-corrected chi connectivity index (χ2v) is 6.82. The van der Waals surface area contributed by atoms with Gasteiger partial charge in [0.1, 0.15) is 0 Å². The summed E-state index contributed by atoms with van der Waals surface area (Å²) in [5.74, 6) is -0.116. The highest BCUT2D eigenvalue weighted by atomic mass is 32.2. The Morgan fingerprint density at radius 2 is 1.76 bits per heavy atom. The number of sulfonamides is 1. The normalized spacial score (nSPS) is 16.0. The van der Waals surface area contributed by atoms with Crippen LogP contribution in [0.25, 0.3) is 0 Å². The third kappa shape index (κ3) is 4.80. The van der Waals surface area contributed by atoms with E-state index in [4.69, 9.17) is 10.9 Å². The number of hydrogen-bond donors (Lipinski definition) is 3. The summed E-state index contributed by atoms with van der Waals surface area (Å²) < 4.78 is 22.4. The summed E-state index contributed by atoms with van der Waals surface area (Å²) in [5.41, 5.74) is 6.66. The lowest BCUT2D eigenvalue weighted by Gasteiger charge is -2.21. The monoisotopic (exact) mass is 313 g/mol.